The number of ether oxygens (including phenoxy) is 5. The highest BCUT2D eigenvalue weighted by Gasteiger charge is 2.36. The maximum Gasteiger partial charge on any atom is 0.338 e. The molecule has 0 radical (unpaired) electrons. The molecule has 0 saturated heterocycles. The van der Waals surface area contributed by atoms with Crippen LogP contribution < -0.4 is 33.8 Å². The largest absolute Gasteiger partial charge is 0.493 e. The van der Waals surface area contributed by atoms with Gasteiger partial charge in [0.05, 0.1) is 49.3 Å². The smallest absolute Gasteiger partial charge is 0.338 e. The minimum Gasteiger partial charge on any atom is -0.493 e. The van der Waals surface area contributed by atoms with Gasteiger partial charge in [0.1, 0.15) is 6.04 Å². The first-order valence-corrected chi connectivity index (χ1v) is 14.9. The molecule has 0 fully saturated rings. The Morgan fingerprint density at radius 3 is 2.45 bits per heavy atom. The highest BCUT2D eigenvalue weighted by molar-refractivity contribution is 7.07. The minimum atomic E-state index is -0.829. The van der Waals surface area contributed by atoms with E-state index in [-0.39, 0.29) is 17.7 Å². The number of nitrogens with zero attached hydrogens (tertiary/aromatic N) is 2. The van der Waals surface area contributed by atoms with E-state index in [1.165, 1.54) is 15.9 Å². The van der Waals surface area contributed by atoms with E-state index in [1.54, 1.807) is 33.1 Å². The maximum atomic E-state index is 14.1. The van der Waals surface area contributed by atoms with Gasteiger partial charge in [-0.15, -0.1) is 0 Å². The Morgan fingerprint density at radius 1 is 1.02 bits per heavy atom. The molecular weight excluding hydrogens is 556 g/mol. The summed E-state index contributed by atoms with van der Waals surface area (Å²) in [6.45, 7) is 13.0. The van der Waals surface area contributed by atoms with Crippen LogP contribution in [0.4, 0.5) is 0 Å². The number of carbonyl (C=O) groups is 1. The van der Waals surface area contributed by atoms with Crippen molar-refractivity contribution in [2.45, 2.75) is 47.6 Å². The van der Waals surface area contributed by atoms with Crippen LogP contribution in [0.25, 0.3) is 6.08 Å². The van der Waals surface area contributed by atoms with Crippen LogP contribution in [-0.4, -0.2) is 44.1 Å². The van der Waals surface area contributed by atoms with Gasteiger partial charge in [0.25, 0.3) is 5.56 Å². The van der Waals surface area contributed by atoms with Crippen molar-refractivity contribution in [1.29, 1.82) is 0 Å². The number of methoxy groups -OCH3 is 1. The summed E-state index contributed by atoms with van der Waals surface area (Å²) in [7, 11) is 1.55. The summed E-state index contributed by atoms with van der Waals surface area (Å²) < 4.78 is 30.8. The van der Waals surface area contributed by atoms with Gasteiger partial charge in [-0.05, 0) is 63.5 Å². The first-order valence-electron chi connectivity index (χ1n) is 14.1. The third-order valence-electron chi connectivity index (χ3n) is 6.47. The molecule has 0 N–H and O–H groups in total. The second-order valence-corrected chi connectivity index (χ2v) is 11.0. The molecule has 1 aromatic heterocycles. The van der Waals surface area contributed by atoms with E-state index in [1.807, 2.05) is 44.2 Å². The Kier molecular flexibility index (Phi) is 10.1. The van der Waals surface area contributed by atoms with Crippen molar-refractivity contribution < 1.29 is 28.5 Å². The lowest BCUT2D eigenvalue weighted by Gasteiger charge is -2.26. The standard InChI is InChI=1S/C32H38N2O7S/c1-8-38-25-16-21(14-15-23(25)41-18-19(4)5)17-26-30(35)34-28(22-12-11-13-24(37-7)29(22)39-9-2)27(31(36)40-10-3)20(6)33-32(34)42-26/h11-17,19,28H,8-10,18H2,1-7H3/b26-17+/t28-/m0/s1. The minimum absolute atomic E-state index is 0.183. The van der Waals surface area contributed by atoms with Gasteiger partial charge in [0.2, 0.25) is 0 Å². The number of benzene rings is 2. The Balaban J connectivity index is 1.92. The fraction of sp³-hybridized carbons (Fsp3) is 0.406. The van der Waals surface area contributed by atoms with Crippen molar-refractivity contribution in [3.8, 4) is 23.0 Å². The van der Waals surface area contributed by atoms with Crippen molar-refractivity contribution >= 4 is 23.4 Å². The summed E-state index contributed by atoms with van der Waals surface area (Å²) in [6.07, 6.45) is 1.80. The molecule has 224 valence electrons. The van der Waals surface area contributed by atoms with Gasteiger partial charge < -0.3 is 23.7 Å². The SMILES string of the molecule is CCOC(=O)C1=C(C)N=c2s/c(=C/c3ccc(OCC(C)C)c(OCC)c3)c(=O)n2[C@H]1c1cccc(OC)c1OCC. The number of hydrogen-bond acceptors (Lipinski definition) is 9. The molecule has 10 heteroatoms. The highest BCUT2D eigenvalue weighted by Crippen LogP contribution is 2.40. The van der Waals surface area contributed by atoms with Gasteiger partial charge in [-0.1, -0.05) is 43.4 Å². The molecule has 42 heavy (non-hydrogen) atoms. The molecule has 9 nitrogen and oxygen atoms in total. The van der Waals surface area contributed by atoms with E-state index in [4.69, 9.17) is 23.7 Å². The number of fused-ring (bicyclic) bond motifs is 1. The molecule has 1 aliphatic rings. The average Bonchev–Trinajstić information content (AvgIpc) is 3.26. The molecule has 0 aliphatic carbocycles. The molecule has 2 heterocycles. The van der Waals surface area contributed by atoms with Crippen LogP contribution in [-0.2, 0) is 9.53 Å². The first-order chi connectivity index (χ1) is 20.2. The number of allylic oxidation sites excluding steroid dienone is 1. The zero-order chi connectivity index (χ0) is 30.4. The predicted molar refractivity (Wildman–Crippen MR) is 163 cm³/mol. The monoisotopic (exact) mass is 594 g/mol. The lowest BCUT2D eigenvalue weighted by Crippen LogP contribution is -2.40. The molecule has 0 spiro atoms. The molecule has 0 amide bonds. The topological polar surface area (TPSA) is 97.6 Å². The van der Waals surface area contributed by atoms with E-state index in [9.17, 15) is 9.59 Å². The van der Waals surface area contributed by atoms with Crippen molar-refractivity contribution in [1.82, 2.24) is 4.57 Å². The second-order valence-electron chi connectivity index (χ2n) is 9.96. The normalized spacial score (nSPS) is 14.9. The summed E-state index contributed by atoms with van der Waals surface area (Å²) in [4.78, 5) is 32.5. The van der Waals surface area contributed by atoms with Crippen LogP contribution >= 0.6 is 11.3 Å². The van der Waals surface area contributed by atoms with Gasteiger partial charge in [-0.2, -0.15) is 0 Å². The number of carbonyl (C=O) groups excluding carboxylic acids is 1. The first kappa shape index (κ1) is 30.9. The van der Waals surface area contributed by atoms with Crippen LogP contribution in [0, 0.1) is 5.92 Å². The number of rotatable bonds is 12. The highest BCUT2D eigenvalue weighted by atomic mass is 32.1. The Morgan fingerprint density at radius 2 is 1.79 bits per heavy atom. The fourth-order valence-electron chi connectivity index (χ4n) is 4.70. The quantitative estimate of drug-likeness (QED) is 0.282. The van der Waals surface area contributed by atoms with Gasteiger partial charge >= 0.3 is 5.97 Å². The van der Waals surface area contributed by atoms with Crippen molar-refractivity contribution in [2.75, 3.05) is 33.5 Å². The average molecular weight is 595 g/mol. The zero-order valence-electron chi connectivity index (χ0n) is 25.2. The van der Waals surface area contributed by atoms with Crippen molar-refractivity contribution in [3.05, 3.63) is 78.5 Å². The second kappa shape index (κ2) is 13.7. The van der Waals surface area contributed by atoms with Gasteiger partial charge in [0, 0.05) is 5.56 Å². The molecule has 4 rings (SSSR count). The van der Waals surface area contributed by atoms with E-state index in [0.29, 0.717) is 69.3 Å². The summed E-state index contributed by atoms with van der Waals surface area (Å²) in [5, 5.41) is 0. The van der Waals surface area contributed by atoms with Crippen molar-refractivity contribution in [3.63, 3.8) is 0 Å². The van der Waals surface area contributed by atoms with Crippen LogP contribution in [0.5, 0.6) is 23.0 Å². The number of esters is 1. The van der Waals surface area contributed by atoms with Gasteiger partial charge in [0.15, 0.2) is 27.8 Å². The van der Waals surface area contributed by atoms with Crippen LogP contribution in [0.2, 0.25) is 0 Å². The molecule has 2 aromatic carbocycles. The summed E-state index contributed by atoms with van der Waals surface area (Å²) in [5.41, 5.74) is 1.83. The van der Waals surface area contributed by atoms with E-state index in [0.717, 1.165) is 5.56 Å². The van der Waals surface area contributed by atoms with Gasteiger partial charge in [-0.25, -0.2) is 9.79 Å². The Hall–Kier alpha value is -4.05. The molecule has 0 saturated carbocycles. The summed E-state index contributed by atoms with van der Waals surface area (Å²) >= 11 is 1.25. The van der Waals surface area contributed by atoms with Crippen LogP contribution in [0.3, 0.4) is 0 Å². The number of hydrogen-bond donors (Lipinski definition) is 0. The van der Waals surface area contributed by atoms with Crippen LogP contribution in [0.15, 0.2) is 57.5 Å². The maximum absolute atomic E-state index is 14.1. The fourth-order valence-corrected chi connectivity index (χ4v) is 5.75. The van der Waals surface area contributed by atoms with E-state index in [2.05, 4.69) is 18.8 Å². The van der Waals surface area contributed by atoms with Gasteiger partial charge in [-0.3, -0.25) is 9.36 Å². The molecule has 0 unspecified atom stereocenters. The Bertz CT molecular complexity index is 1650. The number of aromatic nitrogens is 1. The molecule has 1 aliphatic heterocycles. The lowest BCUT2D eigenvalue weighted by atomic mass is 9.94. The van der Waals surface area contributed by atoms with Crippen LogP contribution in [0.1, 0.15) is 58.7 Å². The summed E-state index contributed by atoms with van der Waals surface area (Å²) in [5.74, 6) is 2.04. The van der Waals surface area contributed by atoms with E-state index < -0.39 is 12.0 Å². The Labute approximate surface area is 249 Å². The van der Waals surface area contributed by atoms with Crippen molar-refractivity contribution in [2.24, 2.45) is 10.9 Å². The molecule has 0 bridgehead atoms. The zero-order valence-corrected chi connectivity index (χ0v) is 26.0. The van der Waals surface area contributed by atoms with E-state index >= 15 is 0 Å². The summed E-state index contributed by atoms with van der Waals surface area (Å²) in [6, 6.07) is 10.2. The third-order valence-corrected chi connectivity index (χ3v) is 7.45. The molecular formula is C32H38N2O7S. The molecule has 3 aromatic rings. The lowest BCUT2D eigenvalue weighted by molar-refractivity contribution is -0.139. The molecule has 1 atom stereocenters. The third kappa shape index (κ3) is 6.38. The number of para-hydroxylation sites is 1. The number of thiazole rings is 1. The predicted octanol–water partition coefficient (Wildman–Crippen LogP) is 4.64.